The van der Waals surface area contributed by atoms with Crippen LogP contribution in [-0.4, -0.2) is 64.1 Å². The number of amides is 1. The Morgan fingerprint density at radius 3 is 2.56 bits per heavy atom. The fourth-order valence-corrected chi connectivity index (χ4v) is 3.67. The average Bonchev–Trinajstić information content (AvgIpc) is 2.86. The number of benzene rings is 1. The van der Waals surface area contributed by atoms with Gasteiger partial charge in [0.1, 0.15) is 17.1 Å². The van der Waals surface area contributed by atoms with Gasteiger partial charge in [0.25, 0.3) is 5.91 Å². The number of primary amides is 1. The fourth-order valence-electron chi connectivity index (χ4n) is 3.67. The molecule has 190 valence electrons. The summed E-state index contributed by atoms with van der Waals surface area (Å²) in [7, 11) is 0. The van der Waals surface area contributed by atoms with Gasteiger partial charge in [-0.1, -0.05) is 0 Å². The van der Waals surface area contributed by atoms with Crippen molar-refractivity contribution >= 4 is 35.4 Å². The van der Waals surface area contributed by atoms with Gasteiger partial charge in [0.15, 0.2) is 12.1 Å². The summed E-state index contributed by atoms with van der Waals surface area (Å²) in [6, 6.07) is 8.99. The number of aliphatic hydroxyl groups excluding tert-OH is 1. The van der Waals surface area contributed by atoms with Crippen molar-refractivity contribution in [2.75, 3.05) is 29.9 Å². The van der Waals surface area contributed by atoms with Crippen molar-refractivity contribution in [3.05, 3.63) is 41.1 Å². The van der Waals surface area contributed by atoms with Crippen LogP contribution in [0.1, 0.15) is 40.9 Å². The number of aliphatic hydroxyl groups is 2. The van der Waals surface area contributed by atoms with Gasteiger partial charge in [-0.15, -0.1) is 5.10 Å². The van der Waals surface area contributed by atoms with E-state index < -0.39 is 12.2 Å². The first kappa shape index (κ1) is 26.3. The van der Waals surface area contributed by atoms with Gasteiger partial charge in [0, 0.05) is 37.0 Å². The van der Waals surface area contributed by atoms with Crippen LogP contribution >= 0.6 is 0 Å². The number of nitrogens with zero attached hydrogens (tertiary/aromatic N) is 5. The molecule has 0 unspecified atom stereocenters. The standard InChI is InChI=1S/C22H29N11O3/c23-8-5-13-6-9-33(10-7-13)22-29-16(11-24)18(20(26)36)21(30-22)28-15-3-1-14(2-4-15)19(25)31-32-27-12-17(34)35/h1-4,11,13,17,24,27,32,34-35H,5-7,9-10,12H2,(H2,25,31)(H2,26,36)(H,28,29,30). The number of rotatable bonds is 11. The number of amidine groups is 1. The zero-order chi connectivity index (χ0) is 26.1. The van der Waals surface area contributed by atoms with Crippen molar-refractivity contribution in [1.29, 1.82) is 10.7 Å². The minimum Gasteiger partial charge on any atom is -0.382 e. The number of piperidine rings is 1. The molecule has 36 heavy (non-hydrogen) atoms. The van der Waals surface area contributed by atoms with Crippen LogP contribution in [-0.2, 0) is 0 Å². The molecule has 1 aromatic carbocycles. The van der Waals surface area contributed by atoms with E-state index in [0.717, 1.165) is 19.1 Å². The maximum Gasteiger partial charge on any atom is 0.254 e. The Bertz CT molecular complexity index is 1140. The molecule has 0 bridgehead atoms. The normalized spacial score (nSPS) is 14.4. The van der Waals surface area contributed by atoms with Gasteiger partial charge in [0.05, 0.1) is 12.6 Å². The summed E-state index contributed by atoms with van der Waals surface area (Å²) in [5, 5.41) is 41.2. The van der Waals surface area contributed by atoms with Crippen molar-refractivity contribution in [1.82, 2.24) is 20.9 Å². The number of nitrogens with one attached hydrogen (secondary N) is 4. The zero-order valence-corrected chi connectivity index (χ0v) is 19.5. The molecule has 10 N–H and O–H groups in total. The number of carbonyl (C=O) groups is 1. The first-order valence-corrected chi connectivity index (χ1v) is 11.2. The van der Waals surface area contributed by atoms with Crippen LogP contribution in [0.15, 0.2) is 29.4 Å². The number of hydrazine groups is 1. The van der Waals surface area contributed by atoms with E-state index in [9.17, 15) is 4.79 Å². The van der Waals surface area contributed by atoms with Gasteiger partial charge in [0.2, 0.25) is 5.95 Å². The largest absolute Gasteiger partial charge is 0.382 e. The molecule has 1 fully saturated rings. The van der Waals surface area contributed by atoms with E-state index in [1.54, 1.807) is 24.3 Å². The third-order valence-corrected chi connectivity index (χ3v) is 5.57. The van der Waals surface area contributed by atoms with Gasteiger partial charge in [-0.3, -0.25) is 4.79 Å². The predicted octanol–water partition coefficient (Wildman–Crippen LogP) is -0.528. The number of hydrazone groups is 1. The minimum atomic E-state index is -1.53. The molecule has 0 radical (unpaired) electrons. The Labute approximate surface area is 207 Å². The maximum atomic E-state index is 12.2. The van der Waals surface area contributed by atoms with E-state index >= 15 is 0 Å². The highest BCUT2D eigenvalue weighted by Crippen LogP contribution is 2.27. The fraction of sp³-hybridized carbons (Fsp3) is 0.364. The Hall–Kier alpha value is -4.32. The van der Waals surface area contributed by atoms with Crippen LogP contribution in [0.3, 0.4) is 0 Å². The van der Waals surface area contributed by atoms with E-state index in [-0.39, 0.29) is 29.5 Å². The number of hydrogen-bond donors (Lipinski definition) is 8. The van der Waals surface area contributed by atoms with Gasteiger partial charge >= 0.3 is 0 Å². The Balaban J connectivity index is 1.80. The third-order valence-electron chi connectivity index (χ3n) is 5.57. The quantitative estimate of drug-likeness (QED) is 0.0648. The van der Waals surface area contributed by atoms with Gasteiger partial charge in [-0.05, 0) is 43.0 Å². The summed E-state index contributed by atoms with van der Waals surface area (Å²) in [6.45, 7) is 1.18. The van der Waals surface area contributed by atoms with Crippen LogP contribution < -0.4 is 32.6 Å². The topological polar surface area (TPSA) is 235 Å². The average molecular weight is 496 g/mol. The minimum absolute atomic E-state index is 0.000357. The number of nitriles is 1. The molecule has 1 saturated heterocycles. The van der Waals surface area contributed by atoms with Gasteiger partial charge in [-0.2, -0.15) is 10.2 Å². The summed E-state index contributed by atoms with van der Waals surface area (Å²) < 4.78 is 0. The molecule has 1 aliphatic heterocycles. The van der Waals surface area contributed by atoms with E-state index in [1.807, 2.05) is 4.90 Å². The highest BCUT2D eigenvalue weighted by atomic mass is 16.5. The Morgan fingerprint density at radius 2 is 1.97 bits per heavy atom. The van der Waals surface area contributed by atoms with Crippen molar-refractivity contribution in [3.63, 3.8) is 0 Å². The first-order valence-electron chi connectivity index (χ1n) is 11.2. The van der Waals surface area contributed by atoms with Crippen molar-refractivity contribution < 1.29 is 15.0 Å². The van der Waals surface area contributed by atoms with Crippen LogP contribution in [0.25, 0.3) is 0 Å². The lowest BCUT2D eigenvalue weighted by atomic mass is 9.94. The lowest BCUT2D eigenvalue weighted by molar-refractivity contribution is -0.0392. The first-order chi connectivity index (χ1) is 17.3. The molecule has 0 saturated carbocycles. The summed E-state index contributed by atoms with van der Waals surface area (Å²) in [5.41, 5.74) is 17.7. The molecule has 1 amide bonds. The Morgan fingerprint density at radius 1 is 1.28 bits per heavy atom. The summed E-state index contributed by atoms with van der Waals surface area (Å²) in [5.74, 6) is 0.256. The summed E-state index contributed by atoms with van der Waals surface area (Å²) in [4.78, 5) is 23.1. The molecule has 0 aliphatic carbocycles. The van der Waals surface area contributed by atoms with E-state index in [2.05, 4.69) is 37.4 Å². The predicted molar refractivity (Wildman–Crippen MR) is 133 cm³/mol. The molecule has 3 rings (SSSR count). The lowest BCUT2D eigenvalue weighted by Gasteiger charge is -2.31. The van der Waals surface area contributed by atoms with Crippen LogP contribution in [0, 0.1) is 22.7 Å². The summed E-state index contributed by atoms with van der Waals surface area (Å²) in [6.07, 6.45) is 1.60. The Kier molecular flexibility index (Phi) is 9.06. The van der Waals surface area contributed by atoms with Gasteiger partial charge in [-0.25, -0.2) is 15.9 Å². The number of aromatic nitrogens is 2. The number of hydrogen-bond acceptors (Lipinski definition) is 12. The molecule has 1 aliphatic rings. The lowest BCUT2D eigenvalue weighted by Crippen LogP contribution is -2.36. The van der Waals surface area contributed by atoms with E-state index in [4.69, 9.17) is 32.4 Å². The molecule has 1 aromatic heterocycles. The highest BCUT2D eigenvalue weighted by molar-refractivity contribution is 6.05. The monoisotopic (exact) mass is 495 g/mol. The molecule has 14 heteroatoms. The second-order valence-electron chi connectivity index (χ2n) is 8.11. The maximum absolute atomic E-state index is 12.2. The van der Waals surface area contributed by atoms with Crippen molar-refractivity contribution in [2.24, 2.45) is 22.5 Å². The van der Waals surface area contributed by atoms with Crippen molar-refractivity contribution in [3.8, 4) is 6.07 Å². The molecule has 0 spiro atoms. The summed E-state index contributed by atoms with van der Waals surface area (Å²) >= 11 is 0. The van der Waals surface area contributed by atoms with Crippen LogP contribution in [0.5, 0.6) is 0 Å². The van der Waals surface area contributed by atoms with Crippen LogP contribution in [0.2, 0.25) is 0 Å². The highest BCUT2D eigenvalue weighted by Gasteiger charge is 2.24. The SMILES string of the molecule is N#CCC1CCN(c2nc(C=N)c(C(N)=O)c(Nc3ccc(C(N)=NNNCC(O)O)cc3)n2)CC1. The number of anilines is 3. The second-order valence-corrected chi connectivity index (χ2v) is 8.11. The number of carbonyl (C=O) groups excluding carboxylic acids is 1. The zero-order valence-electron chi connectivity index (χ0n) is 19.5. The van der Waals surface area contributed by atoms with Crippen molar-refractivity contribution in [2.45, 2.75) is 25.6 Å². The smallest absolute Gasteiger partial charge is 0.254 e. The van der Waals surface area contributed by atoms with Gasteiger partial charge < -0.3 is 37.3 Å². The van der Waals surface area contributed by atoms with E-state index in [0.29, 0.717) is 42.6 Å². The number of nitrogens with two attached hydrogens (primary N) is 2. The molecule has 0 atom stereocenters. The molecule has 2 heterocycles. The third kappa shape index (κ3) is 6.85. The molecular formula is C22H29N11O3. The molecule has 2 aromatic rings. The van der Waals surface area contributed by atoms with Crippen LogP contribution in [0.4, 0.5) is 17.5 Å². The molecular weight excluding hydrogens is 466 g/mol. The second kappa shape index (κ2) is 12.4. The van der Waals surface area contributed by atoms with E-state index in [1.165, 1.54) is 0 Å². The molecule has 14 nitrogen and oxygen atoms in total.